The van der Waals surface area contributed by atoms with Gasteiger partial charge in [0.2, 0.25) is 5.91 Å². The molecule has 0 fully saturated rings. The van der Waals surface area contributed by atoms with Crippen molar-refractivity contribution in [3.63, 3.8) is 0 Å². The highest BCUT2D eigenvalue weighted by molar-refractivity contribution is 8.00. The maximum atomic E-state index is 13.8. The molecule has 4 N–H and O–H groups in total. The number of nitrogens with one attached hydrogen (secondary N) is 4. The van der Waals surface area contributed by atoms with E-state index in [1.165, 1.54) is 11.8 Å². The van der Waals surface area contributed by atoms with E-state index in [-0.39, 0.29) is 11.6 Å². The highest BCUT2D eigenvalue weighted by atomic mass is 32.2. The van der Waals surface area contributed by atoms with Gasteiger partial charge in [-0.1, -0.05) is 84.9 Å². The van der Waals surface area contributed by atoms with Gasteiger partial charge in [0.05, 0.1) is 12.3 Å². The summed E-state index contributed by atoms with van der Waals surface area (Å²) in [6.45, 7) is 2.36. The number of anilines is 2. The Morgan fingerprint density at radius 1 is 0.796 bits per heavy atom. The zero-order chi connectivity index (χ0) is 34.0. The standard InChI is InChI=1S/C40H34N4O4S/c1-2-48-36-23-12-11-22-34(36)43-40(47)37(27-14-5-3-6-15-27)49-31-19-13-18-30(25-31)42-39(46)35(44-38(45)28-16-7-4-8-17-28)24-29-26-41-33-21-10-9-20-32(29)33/h3-26,37,41H,2H2,1H3,(H,42,46)(H,43,47)(H,44,45)/b35-24-. The number of rotatable bonds is 12. The quantitative estimate of drug-likeness (QED) is 0.0774. The molecule has 0 radical (unpaired) electrons. The first-order valence-corrected chi connectivity index (χ1v) is 16.7. The van der Waals surface area contributed by atoms with Gasteiger partial charge in [-0.3, -0.25) is 14.4 Å². The van der Waals surface area contributed by atoms with E-state index in [0.29, 0.717) is 29.3 Å². The summed E-state index contributed by atoms with van der Waals surface area (Å²) in [5.74, 6) is -0.531. The minimum atomic E-state index is -0.607. The van der Waals surface area contributed by atoms with E-state index in [9.17, 15) is 14.4 Å². The summed E-state index contributed by atoms with van der Waals surface area (Å²) in [6.07, 6.45) is 3.45. The Bertz CT molecular complexity index is 2110. The molecule has 0 aliphatic heterocycles. The number of benzene rings is 5. The Balaban J connectivity index is 1.25. The number of amides is 3. The highest BCUT2D eigenvalue weighted by Gasteiger charge is 2.24. The molecule has 6 rings (SSSR count). The van der Waals surface area contributed by atoms with Crippen LogP contribution in [-0.2, 0) is 9.59 Å². The number of hydrogen-bond acceptors (Lipinski definition) is 5. The molecular formula is C40H34N4O4S. The lowest BCUT2D eigenvalue weighted by molar-refractivity contribution is -0.116. The van der Waals surface area contributed by atoms with Gasteiger partial charge in [-0.05, 0) is 67.1 Å². The van der Waals surface area contributed by atoms with Crippen molar-refractivity contribution in [1.82, 2.24) is 10.3 Å². The smallest absolute Gasteiger partial charge is 0.272 e. The number of thioether (sulfide) groups is 1. The van der Waals surface area contributed by atoms with Crippen LogP contribution in [0.3, 0.4) is 0 Å². The number of hydrogen-bond donors (Lipinski definition) is 4. The van der Waals surface area contributed by atoms with Crippen LogP contribution in [0.15, 0.2) is 150 Å². The minimum Gasteiger partial charge on any atom is -0.492 e. The van der Waals surface area contributed by atoms with Crippen molar-refractivity contribution < 1.29 is 19.1 Å². The lowest BCUT2D eigenvalue weighted by atomic mass is 10.1. The van der Waals surface area contributed by atoms with Crippen LogP contribution in [0.25, 0.3) is 17.0 Å². The molecule has 0 spiro atoms. The number of carbonyl (C=O) groups is 3. The third kappa shape index (κ3) is 8.27. The molecule has 5 aromatic carbocycles. The Morgan fingerprint density at radius 2 is 1.51 bits per heavy atom. The third-order valence-electron chi connectivity index (χ3n) is 7.58. The third-order valence-corrected chi connectivity index (χ3v) is 8.83. The van der Waals surface area contributed by atoms with Crippen molar-refractivity contribution in [3.05, 3.63) is 162 Å². The fourth-order valence-electron chi connectivity index (χ4n) is 5.24. The summed E-state index contributed by atoms with van der Waals surface area (Å²) >= 11 is 1.36. The summed E-state index contributed by atoms with van der Waals surface area (Å²) in [4.78, 5) is 44.7. The van der Waals surface area contributed by atoms with Crippen LogP contribution in [-0.4, -0.2) is 29.3 Å². The fourth-order valence-corrected chi connectivity index (χ4v) is 6.33. The van der Waals surface area contributed by atoms with Crippen molar-refractivity contribution >= 4 is 57.8 Å². The average molecular weight is 667 g/mol. The van der Waals surface area contributed by atoms with E-state index in [1.54, 1.807) is 42.6 Å². The molecule has 244 valence electrons. The summed E-state index contributed by atoms with van der Waals surface area (Å²) in [7, 11) is 0. The Hall–Kier alpha value is -6.06. The van der Waals surface area contributed by atoms with Crippen LogP contribution in [0, 0.1) is 0 Å². The molecular weight excluding hydrogens is 633 g/mol. The Kier molecular flexibility index (Phi) is 10.5. The molecule has 1 atom stereocenters. The SMILES string of the molecule is CCOc1ccccc1NC(=O)C(Sc1cccc(NC(=O)/C(=C/c2c[nH]c3ccccc23)NC(=O)c2ccccc2)c1)c1ccccc1. The number of H-pyrrole nitrogens is 1. The van der Waals surface area contributed by atoms with E-state index < -0.39 is 17.1 Å². The van der Waals surface area contributed by atoms with Crippen LogP contribution in [0.4, 0.5) is 11.4 Å². The zero-order valence-corrected chi connectivity index (χ0v) is 27.5. The van der Waals surface area contributed by atoms with Gasteiger partial charge in [0.15, 0.2) is 0 Å². The van der Waals surface area contributed by atoms with Gasteiger partial charge >= 0.3 is 0 Å². The normalized spacial score (nSPS) is 11.8. The van der Waals surface area contributed by atoms with E-state index in [4.69, 9.17) is 4.74 Å². The first-order chi connectivity index (χ1) is 24.0. The summed E-state index contributed by atoms with van der Waals surface area (Å²) in [5.41, 5.74) is 4.07. The molecule has 3 amide bonds. The van der Waals surface area contributed by atoms with Crippen LogP contribution < -0.4 is 20.7 Å². The van der Waals surface area contributed by atoms with Gasteiger partial charge in [0.25, 0.3) is 11.8 Å². The number of ether oxygens (including phenoxy) is 1. The molecule has 8 nitrogen and oxygen atoms in total. The molecule has 1 unspecified atom stereocenters. The predicted molar refractivity (Wildman–Crippen MR) is 197 cm³/mol. The largest absolute Gasteiger partial charge is 0.492 e. The van der Waals surface area contributed by atoms with Gasteiger partial charge in [-0.15, -0.1) is 11.8 Å². The van der Waals surface area contributed by atoms with Crippen molar-refractivity contribution in [1.29, 1.82) is 0 Å². The summed E-state index contributed by atoms with van der Waals surface area (Å²) in [5, 5.41) is 9.09. The Morgan fingerprint density at radius 3 is 2.31 bits per heavy atom. The highest BCUT2D eigenvalue weighted by Crippen LogP contribution is 2.38. The first kappa shape index (κ1) is 32.9. The van der Waals surface area contributed by atoms with E-state index in [2.05, 4.69) is 20.9 Å². The predicted octanol–water partition coefficient (Wildman–Crippen LogP) is 8.45. The molecule has 0 saturated carbocycles. The number of aromatic nitrogens is 1. The topological polar surface area (TPSA) is 112 Å². The number of para-hydroxylation sites is 3. The van der Waals surface area contributed by atoms with Crippen molar-refractivity contribution in [2.24, 2.45) is 0 Å². The molecule has 9 heteroatoms. The van der Waals surface area contributed by atoms with Crippen LogP contribution in [0.5, 0.6) is 5.75 Å². The lowest BCUT2D eigenvalue weighted by Gasteiger charge is -2.19. The maximum Gasteiger partial charge on any atom is 0.272 e. The van der Waals surface area contributed by atoms with Gasteiger partial charge in [0, 0.05) is 38.8 Å². The van der Waals surface area contributed by atoms with Crippen molar-refractivity contribution in [2.75, 3.05) is 17.2 Å². The summed E-state index contributed by atoms with van der Waals surface area (Å²) < 4.78 is 5.72. The van der Waals surface area contributed by atoms with Gasteiger partial charge in [-0.25, -0.2) is 0 Å². The second kappa shape index (κ2) is 15.7. The van der Waals surface area contributed by atoms with Gasteiger partial charge in [0.1, 0.15) is 16.7 Å². The fraction of sp³-hybridized carbons (Fsp3) is 0.0750. The Labute approximate surface area is 288 Å². The molecule has 0 aliphatic carbocycles. The van der Waals surface area contributed by atoms with Crippen molar-refractivity contribution in [2.45, 2.75) is 17.1 Å². The second-order valence-electron chi connectivity index (χ2n) is 11.0. The van der Waals surface area contributed by atoms with Gasteiger partial charge in [-0.2, -0.15) is 0 Å². The molecule has 0 saturated heterocycles. The minimum absolute atomic E-state index is 0.0752. The molecule has 0 aliphatic rings. The maximum absolute atomic E-state index is 13.8. The molecule has 6 aromatic rings. The monoisotopic (exact) mass is 666 g/mol. The van der Waals surface area contributed by atoms with Crippen LogP contribution in [0.2, 0.25) is 0 Å². The van der Waals surface area contributed by atoms with Gasteiger partial charge < -0.3 is 25.7 Å². The molecule has 1 aromatic heterocycles. The van der Waals surface area contributed by atoms with E-state index in [0.717, 1.165) is 26.9 Å². The summed E-state index contributed by atoms with van der Waals surface area (Å²) in [6, 6.07) is 40.6. The molecule has 1 heterocycles. The molecule has 0 bridgehead atoms. The van der Waals surface area contributed by atoms with Crippen LogP contribution in [0.1, 0.15) is 33.7 Å². The van der Waals surface area contributed by atoms with E-state index >= 15 is 0 Å². The average Bonchev–Trinajstić information content (AvgIpc) is 3.54. The van der Waals surface area contributed by atoms with Crippen LogP contribution >= 0.6 is 11.8 Å². The van der Waals surface area contributed by atoms with Crippen molar-refractivity contribution in [3.8, 4) is 5.75 Å². The number of aromatic amines is 1. The number of carbonyl (C=O) groups excluding carboxylic acids is 3. The van der Waals surface area contributed by atoms with E-state index in [1.807, 2.05) is 110 Å². The molecule has 49 heavy (non-hydrogen) atoms. The zero-order valence-electron chi connectivity index (χ0n) is 26.7. The lowest BCUT2D eigenvalue weighted by Crippen LogP contribution is -2.30. The number of fused-ring (bicyclic) bond motifs is 1. The first-order valence-electron chi connectivity index (χ1n) is 15.8. The second-order valence-corrected chi connectivity index (χ2v) is 12.2.